The molecule has 0 saturated carbocycles. The van der Waals surface area contributed by atoms with E-state index in [4.69, 9.17) is 25.8 Å². The van der Waals surface area contributed by atoms with Crippen LogP contribution in [0.25, 0.3) is 0 Å². The number of alkyl halides is 2. The zero-order chi connectivity index (χ0) is 20.4. The van der Waals surface area contributed by atoms with Gasteiger partial charge in [0.15, 0.2) is 17.6 Å². The quantitative estimate of drug-likeness (QED) is 0.576. The smallest absolute Gasteiger partial charge is 0.387 e. The largest absolute Gasteiger partial charge is 0.491 e. The van der Waals surface area contributed by atoms with E-state index in [1.165, 1.54) is 19.2 Å². The summed E-state index contributed by atoms with van der Waals surface area (Å²) < 4.78 is 48.4. The van der Waals surface area contributed by atoms with Crippen molar-refractivity contribution in [3.05, 3.63) is 65.2 Å². The van der Waals surface area contributed by atoms with Crippen molar-refractivity contribution < 1.29 is 27.7 Å². The number of nitrogens with zero attached hydrogens (tertiary/aromatic N) is 2. The summed E-state index contributed by atoms with van der Waals surface area (Å²) in [7, 11) is 1.51. The Morgan fingerprint density at radius 3 is 2.76 bits per heavy atom. The minimum Gasteiger partial charge on any atom is -0.491 e. The second kappa shape index (κ2) is 8.16. The molecule has 6 nitrogen and oxygen atoms in total. The van der Waals surface area contributed by atoms with Gasteiger partial charge in [0, 0.05) is 12.4 Å². The number of hydrogen-bond acceptors (Lipinski definition) is 5. The fourth-order valence-corrected chi connectivity index (χ4v) is 3.38. The fourth-order valence-electron chi connectivity index (χ4n) is 3.11. The van der Waals surface area contributed by atoms with Crippen LogP contribution < -0.4 is 18.9 Å². The third kappa shape index (κ3) is 4.07. The van der Waals surface area contributed by atoms with Gasteiger partial charge in [-0.25, -0.2) is 4.98 Å². The van der Waals surface area contributed by atoms with Gasteiger partial charge in [0.05, 0.1) is 25.0 Å². The van der Waals surface area contributed by atoms with Gasteiger partial charge in [-0.05, 0) is 29.3 Å². The van der Waals surface area contributed by atoms with Crippen LogP contribution in [0.4, 0.5) is 8.78 Å². The van der Waals surface area contributed by atoms with E-state index >= 15 is 0 Å². The van der Waals surface area contributed by atoms with E-state index in [1.54, 1.807) is 24.7 Å². The normalized spacial score (nSPS) is 15.4. The first-order valence-corrected chi connectivity index (χ1v) is 9.12. The Bertz CT molecular complexity index is 981. The van der Waals surface area contributed by atoms with Crippen LogP contribution >= 0.6 is 11.6 Å². The Labute approximate surface area is 170 Å². The summed E-state index contributed by atoms with van der Waals surface area (Å²) in [5.41, 5.74) is 1.55. The molecule has 2 aromatic carbocycles. The van der Waals surface area contributed by atoms with E-state index in [9.17, 15) is 8.78 Å². The van der Waals surface area contributed by atoms with E-state index in [2.05, 4.69) is 9.72 Å². The Balaban J connectivity index is 1.59. The molecule has 29 heavy (non-hydrogen) atoms. The summed E-state index contributed by atoms with van der Waals surface area (Å²) in [5.74, 6) is 1.37. The molecule has 0 radical (unpaired) electrons. The Morgan fingerprint density at radius 2 is 2.10 bits per heavy atom. The van der Waals surface area contributed by atoms with Gasteiger partial charge >= 0.3 is 6.61 Å². The van der Waals surface area contributed by atoms with E-state index < -0.39 is 12.7 Å². The molecule has 0 saturated heterocycles. The lowest BCUT2D eigenvalue weighted by atomic mass is 10.1. The zero-order valence-electron chi connectivity index (χ0n) is 15.3. The van der Waals surface area contributed by atoms with E-state index in [1.807, 2.05) is 16.8 Å². The van der Waals surface area contributed by atoms with Crippen molar-refractivity contribution in [2.24, 2.45) is 0 Å². The van der Waals surface area contributed by atoms with Crippen molar-refractivity contribution in [1.29, 1.82) is 0 Å². The van der Waals surface area contributed by atoms with Crippen LogP contribution in [-0.4, -0.2) is 29.9 Å². The second-order valence-corrected chi connectivity index (χ2v) is 6.69. The molecule has 0 spiro atoms. The summed E-state index contributed by atoms with van der Waals surface area (Å²) in [6, 6.07) is 8.03. The number of benzene rings is 2. The molecule has 0 amide bonds. The first-order chi connectivity index (χ1) is 14.0. The number of ether oxygens (including phenoxy) is 4. The molecule has 4 rings (SSSR count). The molecular formula is C20H17ClF2N2O4. The summed E-state index contributed by atoms with van der Waals surface area (Å²) in [4.78, 5) is 4.03. The number of imidazole rings is 1. The van der Waals surface area contributed by atoms with Gasteiger partial charge in [-0.1, -0.05) is 23.7 Å². The molecular weight excluding hydrogens is 406 g/mol. The van der Waals surface area contributed by atoms with E-state index in [0.29, 0.717) is 28.8 Å². The highest BCUT2D eigenvalue weighted by Crippen LogP contribution is 2.49. The van der Waals surface area contributed by atoms with Gasteiger partial charge in [-0.3, -0.25) is 0 Å². The van der Waals surface area contributed by atoms with Gasteiger partial charge < -0.3 is 23.5 Å². The topological polar surface area (TPSA) is 54.7 Å². The Morgan fingerprint density at radius 1 is 1.31 bits per heavy atom. The van der Waals surface area contributed by atoms with Crippen molar-refractivity contribution in [3.8, 4) is 23.0 Å². The molecule has 0 bridgehead atoms. The summed E-state index contributed by atoms with van der Waals surface area (Å²) in [5, 5.41) is 0.421. The van der Waals surface area contributed by atoms with E-state index in [0.717, 1.165) is 11.1 Å². The monoisotopic (exact) mass is 422 g/mol. The van der Waals surface area contributed by atoms with Crippen molar-refractivity contribution in [2.45, 2.75) is 19.3 Å². The minimum absolute atomic E-state index is 0.0747. The molecule has 0 N–H and O–H groups in total. The first-order valence-electron chi connectivity index (χ1n) is 8.74. The van der Waals surface area contributed by atoms with Crippen LogP contribution in [0.3, 0.4) is 0 Å². The van der Waals surface area contributed by atoms with E-state index in [-0.39, 0.29) is 12.4 Å². The lowest BCUT2D eigenvalue weighted by molar-refractivity contribution is -0.0498. The van der Waals surface area contributed by atoms with Crippen LogP contribution in [-0.2, 0) is 6.54 Å². The lowest BCUT2D eigenvalue weighted by Gasteiger charge is -2.29. The molecule has 9 heteroatoms. The van der Waals surface area contributed by atoms with Crippen LogP contribution in [0.1, 0.15) is 17.2 Å². The predicted molar refractivity (Wildman–Crippen MR) is 101 cm³/mol. The first kappa shape index (κ1) is 19.3. The molecule has 3 aromatic rings. The van der Waals surface area contributed by atoms with Gasteiger partial charge in [-0.15, -0.1) is 0 Å². The average Bonchev–Trinajstić information content (AvgIpc) is 3.22. The number of hydrogen-bond donors (Lipinski definition) is 0. The molecule has 1 atom stereocenters. The van der Waals surface area contributed by atoms with Crippen LogP contribution in [0.2, 0.25) is 5.02 Å². The molecule has 2 heterocycles. The highest BCUT2D eigenvalue weighted by atomic mass is 35.5. The Kier molecular flexibility index (Phi) is 5.44. The maximum Gasteiger partial charge on any atom is 0.387 e. The average molecular weight is 423 g/mol. The molecule has 1 unspecified atom stereocenters. The molecule has 1 aliphatic heterocycles. The third-order valence-electron chi connectivity index (χ3n) is 4.46. The maximum absolute atomic E-state index is 12.3. The SMILES string of the molecule is COc1c(Cl)c(Cn2ccnc2)cc2c1OC(c1ccc(OC(F)F)cc1)CO2. The standard InChI is InChI=1S/C20H17ClF2N2O4/c1-26-19-17(21)13(9-25-7-6-24-11-25)8-15-18(19)29-16(10-27-15)12-2-4-14(5-3-12)28-20(22)23/h2-8,11,16,20H,9-10H2,1H3. The lowest BCUT2D eigenvalue weighted by Crippen LogP contribution is -2.22. The highest BCUT2D eigenvalue weighted by molar-refractivity contribution is 6.33. The van der Waals surface area contributed by atoms with Crippen molar-refractivity contribution in [2.75, 3.05) is 13.7 Å². The Hall–Kier alpha value is -3.00. The maximum atomic E-state index is 12.3. The van der Waals surface area contributed by atoms with Gasteiger partial charge in [0.1, 0.15) is 12.4 Å². The number of fused-ring (bicyclic) bond motifs is 1. The predicted octanol–water partition coefficient (Wildman–Crippen LogP) is 4.71. The highest BCUT2D eigenvalue weighted by Gasteiger charge is 2.29. The third-order valence-corrected chi connectivity index (χ3v) is 4.87. The molecule has 1 aromatic heterocycles. The number of halogens is 3. The number of rotatable bonds is 6. The van der Waals surface area contributed by atoms with Crippen molar-refractivity contribution >= 4 is 11.6 Å². The van der Waals surface area contributed by atoms with Gasteiger partial charge in [-0.2, -0.15) is 8.78 Å². The molecule has 0 aliphatic carbocycles. The van der Waals surface area contributed by atoms with Crippen LogP contribution in [0.15, 0.2) is 49.1 Å². The fraction of sp³-hybridized carbons (Fsp3) is 0.250. The van der Waals surface area contributed by atoms with Crippen LogP contribution in [0, 0.1) is 0 Å². The summed E-state index contributed by atoms with van der Waals surface area (Å²) in [6.07, 6.45) is 4.76. The number of methoxy groups -OCH3 is 1. The van der Waals surface area contributed by atoms with Crippen molar-refractivity contribution in [1.82, 2.24) is 9.55 Å². The second-order valence-electron chi connectivity index (χ2n) is 6.31. The van der Waals surface area contributed by atoms with Gasteiger partial charge in [0.25, 0.3) is 0 Å². The molecule has 152 valence electrons. The summed E-state index contributed by atoms with van der Waals surface area (Å²) in [6.45, 7) is -2.12. The molecule has 1 aliphatic rings. The molecule has 0 fully saturated rings. The van der Waals surface area contributed by atoms with Crippen molar-refractivity contribution in [3.63, 3.8) is 0 Å². The van der Waals surface area contributed by atoms with Gasteiger partial charge in [0.2, 0.25) is 5.75 Å². The minimum atomic E-state index is -2.87. The number of aromatic nitrogens is 2. The summed E-state index contributed by atoms with van der Waals surface area (Å²) >= 11 is 6.54. The van der Waals surface area contributed by atoms with Crippen LogP contribution in [0.5, 0.6) is 23.0 Å². The zero-order valence-corrected chi connectivity index (χ0v) is 16.1.